The maximum absolute atomic E-state index is 13.9. The molecule has 0 saturated carbocycles. The Kier molecular flexibility index (Phi) is 6.06. The van der Waals surface area contributed by atoms with Crippen molar-refractivity contribution in [1.29, 1.82) is 0 Å². The van der Waals surface area contributed by atoms with E-state index in [0.717, 1.165) is 10.0 Å². The minimum absolute atomic E-state index is 0.0538. The fourth-order valence-electron chi connectivity index (χ4n) is 2.20. The van der Waals surface area contributed by atoms with Crippen LogP contribution < -0.4 is 5.32 Å². The maximum Gasteiger partial charge on any atom is 0.127 e. The van der Waals surface area contributed by atoms with E-state index in [1.54, 1.807) is 6.07 Å². The Balaban J connectivity index is 2.17. The van der Waals surface area contributed by atoms with Gasteiger partial charge in [0.05, 0.1) is 0 Å². The van der Waals surface area contributed by atoms with Gasteiger partial charge in [-0.05, 0) is 55.3 Å². The van der Waals surface area contributed by atoms with Crippen LogP contribution in [0.25, 0.3) is 0 Å². The van der Waals surface area contributed by atoms with Crippen molar-refractivity contribution in [2.75, 3.05) is 7.05 Å². The Hall–Kier alpha value is -0.610. The van der Waals surface area contributed by atoms with Crippen LogP contribution in [-0.4, -0.2) is 13.1 Å². The second kappa shape index (κ2) is 7.59. The molecule has 0 bridgehead atoms. The Labute approximate surface area is 142 Å². The largest absolute Gasteiger partial charge is 0.316 e. The summed E-state index contributed by atoms with van der Waals surface area (Å²) in [6.07, 6.45) is 1.21. The molecule has 0 amide bonds. The van der Waals surface area contributed by atoms with E-state index in [1.807, 2.05) is 31.3 Å². The monoisotopic (exact) mass is 389 g/mol. The van der Waals surface area contributed by atoms with Gasteiger partial charge in [-0.25, -0.2) is 4.39 Å². The van der Waals surface area contributed by atoms with Crippen LogP contribution in [0.5, 0.6) is 0 Å². The van der Waals surface area contributed by atoms with E-state index in [9.17, 15) is 4.39 Å². The van der Waals surface area contributed by atoms with Crippen LogP contribution >= 0.6 is 39.1 Å². The zero-order chi connectivity index (χ0) is 15.4. The molecule has 0 aromatic heterocycles. The van der Waals surface area contributed by atoms with E-state index in [2.05, 4.69) is 21.2 Å². The van der Waals surface area contributed by atoms with Crippen LogP contribution in [-0.2, 0) is 12.8 Å². The summed E-state index contributed by atoms with van der Waals surface area (Å²) in [6.45, 7) is 0. The first-order valence-electron chi connectivity index (χ1n) is 6.55. The predicted octanol–water partition coefficient (Wildman–Crippen LogP) is 5.27. The lowest BCUT2D eigenvalue weighted by atomic mass is 9.98. The van der Waals surface area contributed by atoms with Gasteiger partial charge in [0.25, 0.3) is 0 Å². The van der Waals surface area contributed by atoms with Crippen molar-refractivity contribution >= 4 is 39.1 Å². The molecular formula is C16H15BrCl2FN. The van der Waals surface area contributed by atoms with Crippen molar-refractivity contribution in [3.8, 4) is 0 Å². The number of nitrogens with one attached hydrogen (secondary N) is 1. The highest BCUT2D eigenvalue weighted by atomic mass is 79.9. The molecule has 1 N–H and O–H groups in total. The molecule has 2 aromatic rings. The van der Waals surface area contributed by atoms with E-state index in [0.29, 0.717) is 28.5 Å². The Bertz CT molecular complexity index is 613. The normalized spacial score (nSPS) is 12.4. The van der Waals surface area contributed by atoms with Crippen LogP contribution in [0.2, 0.25) is 10.0 Å². The van der Waals surface area contributed by atoms with Crippen LogP contribution in [0.3, 0.4) is 0 Å². The van der Waals surface area contributed by atoms with Gasteiger partial charge in [0.1, 0.15) is 5.82 Å². The molecule has 112 valence electrons. The number of hydrogen-bond acceptors (Lipinski definition) is 1. The number of benzene rings is 2. The lowest BCUT2D eigenvalue weighted by Gasteiger charge is -2.18. The molecule has 0 saturated heterocycles. The maximum atomic E-state index is 13.9. The molecule has 0 aliphatic rings. The fourth-order valence-corrected chi connectivity index (χ4v) is 3.09. The van der Waals surface area contributed by atoms with Crippen LogP contribution in [0.15, 0.2) is 40.9 Å². The predicted molar refractivity (Wildman–Crippen MR) is 90.8 cm³/mol. The molecule has 1 unspecified atom stereocenters. The Morgan fingerprint density at radius 1 is 1.14 bits per heavy atom. The van der Waals surface area contributed by atoms with Crippen LogP contribution in [0, 0.1) is 5.82 Å². The summed E-state index contributed by atoms with van der Waals surface area (Å²) >= 11 is 15.6. The quantitative estimate of drug-likeness (QED) is 0.733. The third kappa shape index (κ3) is 4.43. The van der Waals surface area contributed by atoms with Gasteiger partial charge in [-0.2, -0.15) is 0 Å². The van der Waals surface area contributed by atoms with Gasteiger partial charge in [-0.3, -0.25) is 0 Å². The highest BCUT2D eigenvalue weighted by Crippen LogP contribution is 2.26. The summed E-state index contributed by atoms with van der Waals surface area (Å²) in [4.78, 5) is 0. The molecule has 2 aromatic carbocycles. The number of rotatable bonds is 5. The second-order valence-corrected chi connectivity index (χ2v) is 6.56. The fraction of sp³-hybridized carbons (Fsp3) is 0.250. The van der Waals surface area contributed by atoms with Crippen molar-refractivity contribution in [2.24, 2.45) is 0 Å². The van der Waals surface area contributed by atoms with E-state index < -0.39 is 0 Å². The van der Waals surface area contributed by atoms with Gasteiger partial charge in [0.2, 0.25) is 0 Å². The molecule has 0 radical (unpaired) electrons. The topological polar surface area (TPSA) is 12.0 Å². The molecule has 0 fully saturated rings. The molecule has 21 heavy (non-hydrogen) atoms. The third-order valence-corrected chi connectivity index (χ3v) is 4.60. The molecule has 0 aliphatic heterocycles. The van der Waals surface area contributed by atoms with Gasteiger partial charge < -0.3 is 5.32 Å². The van der Waals surface area contributed by atoms with E-state index in [1.165, 1.54) is 6.07 Å². The van der Waals surface area contributed by atoms with Crippen molar-refractivity contribution in [3.63, 3.8) is 0 Å². The van der Waals surface area contributed by atoms with Crippen molar-refractivity contribution < 1.29 is 4.39 Å². The van der Waals surface area contributed by atoms with Crippen LogP contribution in [0.4, 0.5) is 4.39 Å². The molecule has 2 rings (SSSR count). The average molecular weight is 391 g/mol. The molecule has 0 heterocycles. The first-order valence-corrected chi connectivity index (χ1v) is 8.10. The minimum atomic E-state index is -0.213. The first kappa shape index (κ1) is 16.8. The van der Waals surface area contributed by atoms with Gasteiger partial charge in [-0.15, -0.1) is 0 Å². The molecule has 5 heteroatoms. The summed E-state index contributed by atoms with van der Waals surface area (Å²) in [5.74, 6) is -0.213. The summed E-state index contributed by atoms with van der Waals surface area (Å²) in [6, 6.07) is 10.6. The van der Waals surface area contributed by atoms with E-state index >= 15 is 0 Å². The Morgan fingerprint density at radius 3 is 2.38 bits per heavy atom. The number of likely N-dealkylation sites (N-methyl/N-ethyl adjacent to an activating group) is 1. The zero-order valence-corrected chi connectivity index (χ0v) is 14.6. The average Bonchev–Trinajstić information content (AvgIpc) is 2.44. The van der Waals surface area contributed by atoms with Crippen LogP contribution in [0.1, 0.15) is 11.1 Å². The standard InChI is InChI=1S/C16H15BrCl2FN/c1-21-12(7-10-5-6-11(17)8-16(10)20)9-13-14(18)3-2-4-15(13)19/h2-6,8,12,21H,7,9H2,1H3. The van der Waals surface area contributed by atoms with E-state index in [4.69, 9.17) is 23.2 Å². The van der Waals surface area contributed by atoms with Gasteiger partial charge >= 0.3 is 0 Å². The molecule has 1 nitrogen and oxygen atoms in total. The summed E-state index contributed by atoms with van der Waals surface area (Å²) in [7, 11) is 1.85. The van der Waals surface area contributed by atoms with Crippen molar-refractivity contribution in [3.05, 3.63) is 67.9 Å². The summed E-state index contributed by atoms with van der Waals surface area (Å²) in [5, 5.41) is 4.48. The highest BCUT2D eigenvalue weighted by molar-refractivity contribution is 9.10. The van der Waals surface area contributed by atoms with E-state index in [-0.39, 0.29) is 11.9 Å². The number of hydrogen-bond donors (Lipinski definition) is 1. The van der Waals surface area contributed by atoms with Gasteiger partial charge in [-0.1, -0.05) is 51.3 Å². The zero-order valence-electron chi connectivity index (χ0n) is 11.5. The Morgan fingerprint density at radius 2 is 1.81 bits per heavy atom. The smallest absolute Gasteiger partial charge is 0.127 e. The SMILES string of the molecule is CNC(Cc1ccc(Br)cc1F)Cc1c(Cl)cccc1Cl. The number of halogens is 4. The van der Waals surface area contributed by atoms with Gasteiger partial charge in [0.15, 0.2) is 0 Å². The summed E-state index contributed by atoms with van der Waals surface area (Å²) < 4.78 is 14.7. The molecule has 0 aliphatic carbocycles. The van der Waals surface area contributed by atoms with Crippen molar-refractivity contribution in [2.45, 2.75) is 18.9 Å². The van der Waals surface area contributed by atoms with Crippen molar-refractivity contribution in [1.82, 2.24) is 5.32 Å². The molecule has 1 atom stereocenters. The van der Waals surface area contributed by atoms with Gasteiger partial charge in [0, 0.05) is 20.6 Å². The summed E-state index contributed by atoms with van der Waals surface area (Å²) in [5.41, 5.74) is 1.55. The molecular weight excluding hydrogens is 376 g/mol. The third-order valence-electron chi connectivity index (χ3n) is 3.40. The highest BCUT2D eigenvalue weighted by Gasteiger charge is 2.15. The first-order chi connectivity index (χ1) is 10.0. The second-order valence-electron chi connectivity index (χ2n) is 4.83. The molecule has 0 spiro atoms. The minimum Gasteiger partial charge on any atom is -0.316 e. The lowest BCUT2D eigenvalue weighted by Crippen LogP contribution is -2.30. The lowest BCUT2D eigenvalue weighted by molar-refractivity contribution is 0.532.